The van der Waals surface area contributed by atoms with Gasteiger partial charge in [0.25, 0.3) is 5.56 Å². The van der Waals surface area contributed by atoms with Crippen LogP contribution in [0.2, 0.25) is 0 Å². The number of carbonyl (C=O) groups is 1. The third kappa shape index (κ3) is 3.49. The molecule has 140 valence electrons. The molecule has 0 bridgehead atoms. The Morgan fingerprint density at radius 2 is 1.86 bits per heavy atom. The quantitative estimate of drug-likeness (QED) is 0.580. The second-order valence-electron chi connectivity index (χ2n) is 6.75. The van der Waals surface area contributed by atoms with Gasteiger partial charge >= 0.3 is 0 Å². The Kier molecular flexibility index (Phi) is 4.85. The summed E-state index contributed by atoms with van der Waals surface area (Å²) in [5, 5.41) is 4.50. The number of aromatic nitrogens is 3. The average Bonchev–Trinajstić information content (AvgIpc) is 2.70. The Hall–Kier alpha value is -3.54. The number of amides is 1. The third-order valence-electron chi connectivity index (χ3n) is 4.76. The number of carbonyl (C=O) groups excluding carboxylic acids is 1. The molecular formula is C22H20N4O2. The summed E-state index contributed by atoms with van der Waals surface area (Å²) in [6, 6.07) is 15.1. The lowest BCUT2D eigenvalue weighted by molar-refractivity contribution is -0.116. The number of fused-ring (bicyclic) bond motifs is 2. The zero-order chi connectivity index (χ0) is 19.5. The van der Waals surface area contributed by atoms with Crippen molar-refractivity contribution < 1.29 is 4.79 Å². The topological polar surface area (TPSA) is 76.9 Å². The molecule has 0 atom stereocenters. The molecule has 2 aromatic heterocycles. The Bertz CT molecular complexity index is 1220. The lowest BCUT2D eigenvalue weighted by Gasteiger charge is -2.09. The van der Waals surface area contributed by atoms with Crippen LogP contribution in [-0.4, -0.2) is 20.4 Å². The number of aryl methyl sites for hydroxylation is 2. The highest BCUT2D eigenvalue weighted by atomic mass is 16.1. The van der Waals surface area contributed by atoms with Crippen LogP contribution in [0.1, 0.15) is 18.4 Å². The summed E-state index contributed by atoms with van der Waals surface area (Å²) in [6.07, 6.45) is 4.12. The SMILES string of the molecule is Cc1cccc2c(=O)n(CCCC(=O)Nc3cccc4cccnc34)cnc12. The van der Waals surface area contributed by atoms with Crippen molar-refractivity contribution in [3.63, 3.8) is 0 Å². The highest BCUT2D eigenvalue weighted by molar-refractivity contribution is 6.00. The van der Waals surface area contributed by atoms with Gasteiger partial charge in [0.05, 0.1) is 28.4 Å². The Balaban J connectivity index is 1.43. The van der Waals surface area contributed by atoms with Gasteiger partial charge < -0.3 is 5.32 Å². The van der Waals surface area contributed by atoms with E-state index < -0.39 is 0 Å². The lowest BCUT2D eigenvalue weighted by Crippen LogP contribution is -2.22. The molecule has 0 aliphatic carbocycles. The van der Waals surface area contributed by atoms with E-state index in [1.54, 1.807) is 23.2 Å². The predicted octanol–water partition coefficient (Wildman–Crippen LogP) is 3.67. The molecule has 28 heavy (non-hydrogen) atoms. The fourth-order valence-electron chi connectivity index (χ4n) is 3.32. The Morgan fingerprint density at radius 3 is 2.75 bits per heavy atom. The first-order valence-electron chi connectivity index (χ1n) is 9.22. The first kappa shape index (κ1) is 17.9. The van der Waals surface area contributed by atoms with Crippen molar-refractivity contribution in [3.05, 3.63) is 77.0 Å². The van der Waals surface area contributed by atoms with Crippen molar-refractivity contribution in [2.75, 3.05) is 5.32 Å². The summed E-state index contributed by atoms with van der Waals surface area (Å²) < 4.78 is 1.56. The maximum absolute atomic E-state index is 12.6. The summed E-state index contributed by atoms with van der Waals surface area (Å²) in [4.78, 5) is 33.7. The number of nitrogens with one attached hydrogen (secondary N) is 1. The van der Waals surface area contributed by atoms with Crippen molar-refractivity contribution in [2.24, 2.45) is 0 Å². The van der Waals surface area contributed by atoms with Gasteiger partial charge in [-0.25, -0.2) is 4.98 Å². The molecule has 4 aromatic rings. The number of nitrogens with zero attached hydrogens (tertiary/aromatic N) is 3. The van der Waals surface area contributed by atoms with E-state index in [9.17, 15) is 9.59 Å². The van der Waals surface area contributed by atoms with Crippen molar-refractivity contribution >= 4 is 33.4 Å². The van der Waals surface area contributed by atoms with E-state index in [0.29, 0.717) is 30.5 Å². The van der Waals surface area contributed by atoms with Gasteiger partial charge in [-0.05, 0) is 37.1 Å². The monoisotopic (exact) mass is 372 g/mol. The van der Waals surface area contributed by atoms with Gasteiger partial charge in [-0.2, -0.15) is 0 Å². The Morgan fingerprint density at radius 1 is 1.04 bits per heavy atom. The third-order valence-corrected chi connectivity index (χ3v) is 4.76. The van der Waals surface area contributed by atoms with E-state index in [0.717, 1.165) is 22.0 Å². The molecule has 4 rings (SSSR count). The number of rotatable bonds is 5. The van der Waals surface area contributed by atoms with Crippen LogP contribution < -0.4 is 10.9 Å². The predicted molar refractivity (Wildman–Crippen MR) is 110 cm³/mol. The highest BCUT2D eigenvalue weighted by Gasteiger charge is 2.09. The maximum atomic E-state index is 12.6. The Labute approximate surface area is 161 Å². The number of hydrogen-bond donors (Lipinski definition) is 1. The van der Waals surface area contributed by atoms with Crippen LogP contribution in [0, 0.1) is 6.92 Å². The second kappa shape index (κ2) is 7.60. The molecule has 1 amide bonds. The van der Waals surface area contributed by atoms with E-state index in [4.69, 9.17) is 0 Å². The van der Waals surface area contributed by atoms with Crippen LogP contribution in [0.4, 0.5) is 5.69 Å². The minimum absolute atomic E-state index is 0.0765. The number of benzene rings is 2. The molecule has 0 saturated carbocycles. The normalized spacial score (nSPS) is 11.0. The molecule has 1 N–H and O–H groups in total. The van der Waals surface area contributed by atoms with Crippen molar-refractivity contribution in [1.29, 1.82) is 0 Å². The largest absolute Gasteiger partial charge is 0.324 e. The first-order valence-corrected chi connectivity index (χ1v) is 9.22. The molecule has 0 unspecified atom stereocenters. The number of pyridine rings is 1. The molecule has 0 fully saturated rings. The number of para-hydroxylation sites is 2. The van der Waals surface area contributed by atoms with E-state index in [2.05, 4.69) is 15.3 Å². The van der Waals surface area contributed by atoms with Gasteiger partial charge in [0.1, 0.15) is 0 Å². The van der Waals surface area contributed by atoms with Crippen LogP contribution in [-0.2, 0) is 11.3 Å². The zero-order valence-electron chi connectivity index (χ0n) is 15.6. The van der Waals surface area contributed by atoms with E-state index in [1.165, 1.54) is 0 Å². The molecule has 0 radical (unpaired) electrons. The molecule has 0 saturated heterocycles. The van der Waals surface area contributed by atoms with Crippen molar-refractivity contribution in [2.45, 2.75) is 26.3 Å². The molecule has 0 aliphatic rings. The summed E-state index contributed by atoms with van der Waals surface area (Å²) >= 11 is 0. The number of anilines is 1. The molecule has 2 heterocycles. The molecule has 2 aromatic carbocycles. The van der Waals surface area contributed by atoms with Crippen molar-refractivity contribution in [1.82, 2.24) is 14.5 Å². The summed E-state index contributed by atoms with van der Waals surface area (Å²) in [6.45, 7) is 2.38. The molecule has 0 spiro atoms. The second-order valence-corrected chi connectivity index (χ2v) is 6.75. The molecular weight excluding hydrogens is 352 g/mol. The zero-order valence-corrected chi connectivity index (χ0v) is 15.6. The highest BCUT2D eigenvalue weighted by Crippen LogP contribution is 2.20. The summed E-state index contributed by atoms with van der Waals surface area (Å²) in [5.41, 5.74) is 3.09. The first-order chi connectivity index (χ1) is 13.6. The maximum Gasteiger partial charge on any atom is 0.261 e. The summed E-state index contributed by atoms with van der Waals surface area (Å²) in [5.74, 6) is -0.101. The van der Waals surface area contributed by atoms with E-state index in [-0.39, 0.29) is 11.5 Å². The van der Waals surface area contributed by atoms with E-state index in [1.807, 2.05) is 49.4 Å². The average molecular weight is 372 g/mol. The standard InChI is InChI=1S/C22H20N4O2/c1-15-6-2-9-17-20(15)24-14-26(22(17)28)13-5-11-19(27)25-18-10-3-7-16-8-4-12-23-21(16)18/h2-4,6-10,12,14H,5,11,13H2,1H3,(H,25,27). The lowest BCUT2D eigenvalue weighted by atomic mass is 10.1. The van der Waals surface area contributed by atoms with Gasteiger partial charge in [-0.15, -0.1) is 0 Å². The van der Waals surface area contributed by atoms with Gasteiger partial charge in [0.15, 0.2) is 0 Å². The molecule has 6 nitrogen and oxygen atoms in total. The van der Waals surface area contributed by atoms with Gasteiger partial charge in [-0.3, -0.25) is 19.1 Å². The molecule has 0 aliphatic heterocycles. The van der Waals surface area contributed by atoms with Crippen LogP contribution in [0.3, 0.4) is 0 Å². The van der Waals surface area contributed by atoms with Crippen LogP contribution in [0.5, 0.6) is 0 Å². The smallest absolute Gasteiger partial charge is 0.261 e. The van der Waals surface area contributed by atoms with E-state index >= 15 is 0 Å². The van der Waals surface area contributed by atoms with Gasteiger partial charge in [0, 0.05) is 24.5 Å². The fourth-order valence-corrected chi connectivity index (χ4v) is 3.32. The number of hydrogen-bond acceptors (Lipinski definition) is 4. The van der Waals surface area contributed by atoms with Crippen LogP contribution in [0.15, 0.2) is 65.8 Å². The minimum atomic E-state index is -0.101. The van der Waals surface area contributed by atoms with Crippen LogP contribution >= 0.6 is 0 Å². The molecule has 6 heteroatoms. The van der Waals surface area contributed by atoms with Crippen molar-refractivity contribution in [3.8, 4) is 0 Å². The van der Waals surface area contributed by atoms with Gasteiger partial charge in [-0.1, -0.05) is 30.3 Å². The van der Waals surface area contributed by atoms with Gasteiger partial charge in [0.2, 0.25) is 5.91 Å². The summed E-state index contributed by atoms with van der Waals surface area (Å²) in [7, 11) is 0. The van der Waals surface area contributed by atoms with Crippen LogP contribution in [0.25, 0.3) is 21.8 Å². The minimum Gasteiger partial charge on any atom is -0.324 e. The fraction of sp³-hybridized carbons (Fsp3) is 0.182.